The number of hydrogen-bond acceptors (Lipinski definition) is 7. The minimum absolute atomic E-state index is 0.00101. The number of hydrogen-bond donors (Lipinski definition) is 1. The highest BCUT2D eigenvalue weighted by atomic mass is 32.2. The summed E-state index contributed by atoms with van der Waals surface area (Å²) in [6.45, 7) is 0. The minimum atomic E-state index is -0.475. The lowest BCUT2D eigenvalue weighted by atomic mass is 10.2. The van der Waals surface area contributed by atoms with E-state index in [9.17, 15) is 20.0 Å². The number of benzene rings is 2. The Morgan fingerprint density at radius 1 is 1.16 bits per heavy atom. The van der Waals surface area contributed by atoms with Crippen LogP contribution in [-0.4, -0.2) is 33.1 Å². The molecule has 0 saturated carbocycles. The van der Waals surface area contributed by atoms with Crippen LogP contribution in [0.2, 0.25) is 0 Å². The maximum absolute atomic E-state index is 12.1. The Kier molecular flexibility index (Phi) is 4.75. The summed E-state index contributed by atoms with van der Waals surface area (Å²) in [4.78, 5) is 23.6. The zero-order chi connectivity index (χ0) is 17.8. The number of amidine groups is 1. The van der Waals surface area contributed by atoms with E-state index in [-0.39, 0.29) is 23.1 Å². The molecule has 126 valence electrons. The molecule has 0 atom stereocenters. The molecule has 0 aliphatic carbocycles. The van der Waals surface area contributed by atoms with Crippen LogP contribution >= 0.6 is 11.8 Å². The van der Waals surface area contributed by atoms with Gasteiger partial charge in [-0.05, 0) is 42.0 Å². The van der Waals surface area contributed by atoms with Crippen molar-refractivity contribution < 1.29 is 14.8 Å². The quantitative estimate of drug-likeness (QED) is 0.515. The van der Waals surface area contributed by atoms with Crippen LogP contribution in [0.4, 0.5) is 11.4 Å². The summed E-state index contributed by atoms with van der Waals surface area (Å²) < 4.78 is 0. The van der Waals surface area contributed by atoms with Gasteiger partial charge in [-0.25, -0.2) is 0 Å². The van der Waals surface area contributed by atoms with Gasteiger partial charge in [0.25, 0.3) is 5.69 Å². The largest absolute Gasteiger partial charge is 0.508 e. The van der Waals surface area contributed by atoms with Crippen molar-refractivity contribution in [1.82, 2.24) is 0 Å². The van der Waals surface area contributed by atoms with Gasteiger partial charge in [0.05, 0.1) is 22.6 Å². The topological polar surface area (TPSA) is 108 Å². The summed E-state index contributed by atoms with van der Waals surface area (Å²) in [5.41, 5.74) is 1.25. The number of phenolic OH excluding ortho intramolecular Hbond substituents is 1. The van der Waals surface area contributed by atoms with E-state index in [1.807, 2.05) is 0 Å². The van der Waals surface area contributed by atoms with E-state index in [2.05, 4.69) is 10.2 Å². The molecule has 1 saturated heterocycles. The maximum atomic E-state index is 12.1. The Morgan fingerprint density at radius 2 is 1.84 bits per heavy atom. The lowest BCUT2D eigenvalue weighted by Gasteiger charge is -2.14. The predicted octanol–water partition coefficient (Wildman–Crippen LogP) is 2.77. The van der Waals surface area contributed by atoms with Gasteiger partial charge < -0.3 is 5.11 Å². The van der Waals surface area contributed by atoms with Crippen LogP contribution < -0.4 is 4.90 Å². The average Bonchev–Trinajstić information content (AvgIpc) is 2.97. The van der Waals surface area contributed by atoms with Crippen LogP contribution in [0.1, 0.15) is 5.56 Å². The second-order valence-electron chi connectivity index (χ2n) is 5.01. The van der Waals surface area contributed by atoms with Gasteiger partial charge in [-0.2, -0.15) is 5.10 Å². The van der Waals surface area contributed by atoms with Crippen LogP contribution in [0.3, 0.4) is 0 Å². The van der Waals surface area contributed by atoms with Crippen molar-refractivity contribution in [2.75, 3.05) is 10.7 Å². The molecule has 1 N–H and O–H groups in total. The monoisotopic (exact) mass is 356 g/mol. The molecule has 0 bridgehead atoms. The van der Waals surface area contributed by atoms with Crippen LogP contribution in [0, 0.1) is 10.1 Å². The first-order chi connectivity index (χ1) is 12.0. The van der Waals surface area contributed by atoms with Crippen molar-refractivity contribution in [2.24, 2.45) is 10.2 Å². The molecule has 1 aliphatic rings. The Hall–Kier alpha value is -3.20. The summed E-state index contributed by atoms with van der Waals surface area (Å²) in [5.74, 6) is 0.241. The van der Waals surface area contributed by atoms with Gasteiger partial charge in [-0.3, -0.25) is 19.8 Å². The first kappa shape index (κ1) is 16.7. The van der Waals surface area contributed by atoms with E-state index in [0.29, 0.717) is 16.4 Å². The van der Waals surface area contributed by atoms with Gasteiger partial charge in [0.2, 0.25) is 5.91 Å². The first-order valence-electron chi connectivity index (χ1n) is 7.15. The minimum Gasteiger partial charge on any atom is -0.508 e. The number of anilines is 1. The molecular weight excluding hydrogens is 344 g/mol. The van der Waals surface area contributed by atoms with Crippen molar-refractivity contribution in [3.63, 3.8) is 0 Å². The molecular formula is C16H12N4O4S. The van der Waals surface area contributed by atoms with Crippen LogP contribution in [0.15, 0.2) is 58.7 Å². The zero-order valence-electron chi connectivity index (χ0n) is 12.8. The number of nitrogens with zero attached hydrogens (tertiary/aromatic N) is 4. The second kappa shape index (κ2) is 7.14. The van der Waals surface area contributed by atoms with Gasteiger partial charge in [-0.1, -0.05) is 11.8 Å². The molecule has 2 aromatic carbocycles. The summed E-state index contributed by atoms with van der Waals surface area (Å²) in [5, 5.41) is 28.4. The van der Waals surface area contributed by atoms with Gasteiger partial charge >= 0.3 is 0 Å². The number of amides is 1. The van der Waals surface area contributed by atoms with Gasteiger partial charge in [0.15, 0.2) is 5.17 Å². The Bertz CT molecular complexity index is 863. The average molecular weight is 356 g/mol. The number of carbonyl (C=O) groups excluding carboxylic acids is 1. The Balaban J connectivity index is 1.78. The van der Waals surface area contributed by atoms with Gasteiger partial charge in [0.1, 0.15) is 5.75 Å². The molecule has 8 nitrogen and oxygen atoms in total. The predicted molar refractivity (Wildman–Crippen MR) is 96.2 cm³/mol. The summed E-state index contributed by atoms with van der Waals surface area (Å²) in [6, 6.07) is 12.1. The number of nitro benzene ring substituents is 1. The fourth-order valence-corrected chi connectivity index (χ4v) is 2.94. The number of thioether (sulfide) groups is 1. The van der Waals surface area contributed by atoms with Crippen LogP contribution in [0.25, 0.3) is 0 Å². The molecule has 0 spiro atoms. The third-order valence-corrected chi connectivity index (χ3v) is 4.24. The van der Waals surface area contributed by atoms with Gasteiger partial charge in [0, 0.05) is 12.1 Å². The highest BCUT2D eigenvalue weighted by molar-refractivity contribution is 8.15. The lowest BCUT2D eigenvalue weighted by molar-refractivity contribution is -0.384. The summed E-state index contributed by atoms with van der Waals surface area (Å²) in [6.07, 6.45) is 1.45. The molecule has 2 aromatic rings. The summed E-state index contributed by atoms with van der Waals surface area (Å²) >= 11 is 1.26. The molecule has 1 aliphatic heterocycles. The number of non-ortho nitro benzene ring substituents is 1. The maximum Gasteiger partial charge on any atom is 0.269 e. The number of aromatic hydroxyl groups is 1. The molecule has 0 radical (unpaired) electrons. The highest BCUT2D eigenvalue weighted by Crippen LogP contribution is 2.28. The van der Waals surface area contributed by atoms with E-state index < -0.39 is 4.92 Å². The molecule has 3 rings (SSSR count). The van der Waals surface area contributed by atoms with Crippen LogP contribution in [-0.2, 0) is 4.79 Å². The van der Waals surface area contributed by atoms with Crippen LogP contribution in [0.5, 0.6) is 5.75 Å². The SMILES string of the molecule is O=C1CS/C(=N\N=C/c2ccc([N+](=O)[O-])cc2)N1c1ccc(O)cc1. The van der Waals surface area contributed by atoms with E-state index in [1.165, 1.54) is 47.1 Å². The van der Waals surface area contributed by atoms with Crippen molar-refractivity contribution in [3.05, 3.63) is 64.2 Å². The number of carbonyl (C=O) groups is 1. The molecule has 1 amide bonds. The zero-order valence-corrected chi connectivity index (χ0v) is 13.6. The number of phenols is 1. The van der Waals surface area contributed by atoms with E-state index in [4.69, 9.17) is 0 Å². The van der Waals surface area contributed by atoms with E-state index in [0.717, 1.165) is 0 Å². The normalized spacial score (nSPS) is 16.1. The van der Waals surface area contributed by atoms with E-state index >= 15 is 0 Å². The van der Waals surface area contributed by atoms with Gasteiger partial charge in [-0.15, -0.1) is 5.10 Å². The first-order valence-corrected chi connectivity index (χ1v) is 8.13. The van der Waals surface area contributed by atoms with Crippen molar-refractivity contribution in [2.45, 2.75) is 0 Å². The molecule has 1 fully saturated rings. The van der Waals surface area contributed by atoms with Crippen molar-refractivity contribution in [1.29, 1.82) is 0 Å². The second-order valence-corrected chi connectivity index (χ2v) is 5.95. The molecule has 0 unspecified atom stereocenters. The molecule has 25 heavy (non-hydrogen) atoms. The lowest BCUT2D eigenvalue weighted by Crippen LogP contribution is -2.28. The van der Waals surface area contributed by atoms with Crippen molar-refractivity contribution >= 4 is 40.4 Å². The third kappa shape index (κ3) is 3.83. The highest BCUT2D eigenvalue weighted by Gasteiger charge is 2.29. The summed E-state index contributed by atoms with van der Waals surface area (Å²) in [7, 11) is 0. The molecule has 1 heterocycles. The number of nitro groups is 1. The smallest absolute Gasteiger partial charge is 0.269 e. The Morgan fingerprint density at radius 3 is 2.48 bits per heavy atom. The third-order valence-electron chi connectivity index (χ3n) is 3.33. The number of rotatable bonds is 4. The fourth-order valence-electron chi connectivity index (χ4n) is 2.12. The fraction of sp³-hybridized carbons (Fsp3) is 0.0625. The van der Waals surface area contributed by atoms with E-state index in [1.54, 1.807) is 24.3 Å². The molecule has 0 aromatic heterocycles. The standard InChI is InChI=1S/C16H12N4O4S/c21-14-7-5-12(6-8-14)19-15(22)10-25-16(19)18-17-9-11-1-3-13(4-2-11)20(23)24/h1-9,21H,10H2/b17-9-,18-16-. The van der Waals surface area contributed by atoms with Crippen molar-refractivity contribution in [3.8, 4) is 5.75 Å². The molecule has 9 heteroatoms. The Labute approximate surface area is 146 Å².